The van der Waals surface area contributed by atoms with Crippen molar-refractivity contribution in [2.24, 2.45) is 5.92 Å². The molecule has 0 radical (unpaired) electrons. The predicted octanol–water partition coefficient (Wildman–Crippen LogP) is 4.33. The number of halogens is 1. The minimum atomic E-state index is 0.652. The second kappa shape index (κ2) is 8.18. The van der Waals surface area contributed by atoms with Crippen molar-refractivity contribution < 1.29 is 0 Å². The Labute approximate surface area is 131 Å². The Bertz CT molecular complexity index is 402. The highest BCUT2D eigenvalue weighted by atomic mass is 79.9. The van der Waals surface area contributed by atoms with Crippen LogP contribution in [0.2, 0.25) is 0 Å². The molecule has 2 atom stereocenters. The summed E-state index contributed by atoms with van der Waals surface area (Å²) >= 11 is 3.72. The molecule has 20 heavy (non-hydrogen) atoms. The van der Waals surface area contributed by atoms with E-state index in [1.54, 1.807) is 0 Å². The Morgan fingerprint density at radius 1 is 1.30 bits per heavy atom. The van der Waals surface area contributed by atoms with Gasteiger partial charge in [0.1, 0.15) is 0 Å². The molecule has 1 heterocycles. The molecule has 1 saturated carbocycles. The highest BCUT2D eigenvalue weighted by Gasteiger charge is 2.29. The van der Waals surface area contributed by atoms with Gasteiger partial charge in [0, 0.05) is 12.5 Å². The molecule has 4 heteroatoms. The van der Waals surface area contributed by atoms with Gasteiger partial charge in [0.2, 0.25) is 0 Å². The number of aromatic nitrogens is 2. The summed E-state index contributed by atoms with van der Waals surface area (Å²) in [5.74, 6) is 1.40. The van der Waals surface area contributed by atoms with E-state index < -0.39 is 0 Å². The van der Waals surface area contributed by atoms with Gasteiger partial charge < -0.3 is 5.32 Å². The second-order valence-corrected chi connectivity index (χ2v) is 6.76. The van der Waals surface area contributed by atoms with E-state index in [2.05, 4.69) is 44.9 Å². The Kier molecular flexibility index (Phi) is 6.56. The molecule has 114 valence electrons. The zero-order valence-corrected chi connectivity index (χ0v) is 14.5. The Morgan fingerprint density at radius 3 is 2.85 bits per heavy atom. The maximum atomic E-state index is 4.52. The first-order valence-corrected chi connectivity index (χ1v) is 8.99. The summed E-state index contributed by atoms with van der Waals surface area (Å²) in [7, 11) is 0. The maximum absolute atomic E-state index is 4.52. The van der Waals surface area contributed by atoms with Gasteiger partial charge in [0.15, 0.2) is 0 Å². The van der Waals surface area contributed by atoms with Crippen LogP contribution in [0.5, 0.6) is 0 Å². The fraction of sp³-hybridized carbons (Fsp3) is 0.812. The highest BCUT2D eigenvalue weighted by molar-refractivity contribution is 9.10. The average molecular weight is 342 g/mol. The lowest BCUT2D eigenvalue weighted by molar-refractivity contribution is 0.357. The Balaban J connectivity index is 2.16. The van der Waals surface area contributed by atoms with E-state index in [1.807, 2.05) is 6.20 Å². The molecule has 1 aliphatic carbocycles. The molecule has 1 aromatic rings. The number of nitrogens with zero attached hydrogens (tertiary/aromatic N) is 2. The first-order chi connectivity index (χ1) is 9.77. The van der Waals surface area contributed by atoms with Gasteiger partial charge in [0.05, 0.1) is 16.4 Å². The molecule has 2 unspecified atom stereocenters. The quantitative estimate of drug-likeness (QED) is 0.616. The zero-order valence-electron chi connectivity index (χ0n) is 12.9. The Hall–Kier alpha value is -0.350. The minimum Gasteiger partial charge on any atom is -0.316 e. The van der Waals surface area contributed by atoms with Crippen LogP contribution < -0.4 is 5.32 Å². The molecule has 0 bridgehead atoms. The van der Waals surface area contributed by atoms with E-state index in [9.17, 15) is 0 Å². The third kappa shape index (κ3) is 3.85. The molecular weight excluding hydrogens is 314 g/mol. The van der Waals surface area contributed by atoms with Crippen molar-refractivity contribution in [3.8, 4) is 0 Å². The molecule has 0 aromatic carbocycles. The van der Waals surface area contributed by atoms with E-state index in [0.29, 0.717) is 5.92 Å². The molecule has 2 rings (SSSR count). The maximum Gasteiger partial charge on any atom is 0.0635 e. The number of aryl methyl sites for hydroxylation is 1. The van der Waals surface area contributed by atoms with E-state index in [-0.39, 0.29) is 0 Å². The molecule has 1 N–H and O–H groups in total. The number of hydrogen-bond donors (Lipinski definition) is 1. The van der Waals surface area contributed by atoms with Crippen molar-refractivity contribution in [1.29, 1.82) is 0 Å². The third-order valence-corrected chi connectivity index (χ3v) is 5.09. The molecule has 0 aliphatic heterocycles. The molecule has 1 aliphatic rings. The van der Waals surface area contributed by atoms with Crippen LogP contribution in [0.4, 0.5) is 0 Å². The molecule has 1 fully saturated rings. The van der Waals surface area contributed by atoms with Crippen LogP contribution in [0.25, 0.3) is 0 Å². The number of nitrogens with one attached hydrogen (secondary N) is 1. The van der Waals surface area contributed by atoms with Crippen molar-refractivity contribution in [1.82, 2.24) is 15.1 Å². The van der Waals surface area contributed by atoms with Gasteiger partial charge in [-0.1, -0.05) is 26.2 Å². The molecular formula is C16H28BrN3. The summed E-state index contributed by atoms with van der Waals surface area (Å²) in [5, 5.41) is 8.16. The minimum absolute atomic E-state index is 0.652. The normalized spacial score (nSPS) is 23.8. The first kappa shape index (κ1) is 16.0. The van der Waals surface area contributed by atoms with Crippen molar-refractivity contribution in [2.45, 2.75) is 64.8 Å². The second-order valence-electron chi connectivity index (χ2n) is 5.90. The summed E-state index contributed by atoms with van der Waals surface area (Å²) in [6, 6.07) is 0. The largest absolute Gasteiger partial charge is 0.316 e. The van der Waals surface area contributed by atoms with Crippen LogP contribution in [0.1, 0.15) is 64.0 Å². The highest BCUT2D eigenvalue weighted by Crippen LogP contribution is 2.39. The van der Waals surface area contributed by atoms with Crippen LogP contribution in [-0.4, -0.2) is 22.9 Å². The van der Waals surface area contributed by atoms with Crippen LogP contribution in [-0.2, 0) is 6.54 Å². The van der Waals surface area contributed by atoms with E-state index >= 15 is 0 Å². The van der Waals surface area contributed by atoms with Gasteiger partial charge >= 0.3 is 0 Å². The third-order valence-electron chi connectivity index (χ3n) is 4.48. The molecule has 3 nitrogen and oxygen atoms in total. The van der Waals surface area contributed by atoms with E-state index in [1.165, 1.54) is 48.7 Å². The first-order valence-electron chi connectivity index (χ1n) is 8.19. The monoisotopic (exact) mass is 341 g/mol. The van der Waals surface area contributed by atoms with Gasteiger partial charge in [-0.05, 0) is 61.1 Å². The lowest BCUT2D eigenvalue weighted by atomic mass is 9.85. The van der Waals surface area contributed by atoms with Gasteiger partial charge in [-0.15, -0.1) is 0 Å². The van der Waals surface area contributed by atoms with Crippen molar-refractivity contribution in [2.75, 3.05) is 13.1 Å². The smallest absolute Gasteiger partial charge is 0.0635 e. The molecule has 0 amide bonds. The van der Waals surface area contributed by atoms with Crippen molar-refractivity contribution >= 4 is 15.9 Å². The van der Waals surface area contributed by atoms with Crippen LogP contribution in [0.15, 0.2) is 10.7 Å². The van der Waals surface area contributed by atoms with Gasteiger partial charge in [0.25, 0.3) is 0 Å². The lowest BCUT2D eigenvalue weighted by Crippen LogP contribution is -2.28. The van der Waals surface area contributed by atoms with Crippen LogP contribution in [0, 0.1) is 5.92 Å². The van der Waals surface area contributed by atoms with Crippen molar-refractivity contribution in [3.05, 3.63) is 16.4 Å². The molecule has 0 spiro atoms. The van der Waals surface area contributed by atoms with Crippen LogP contribution in [0.3, 0.4) is 0 Å². The predicted molar refractivity (Wildman–Crippen MR) is 88.1 cm³/mol. The standard InChI is InChI=1S/C16H28BrN3/c1-3-10-18-11-13-8-6-5-7-9-14(13)16-15(17)12-19-20(16)4-2/h12-14,18H,3-11H2,1-2H3. The molecule has 1 aromatic heterocycles. The summed E-state index contributed by atoms with van der Waals surface area (Å²) < 4.78 is 3.39. The summed E-state index contributed by atoms with van der Waals surface area (Å²) in [6.45, 7) is 7.67. The number of rotatable bonds is 6. The van der Waals surface area contributed by atoms with E-state index in [0.717, 1.165) is 25.6 Å². The molecule has 0 saturated heterocycles. The lowest BCUT2D eigenvalue weighted by Gasteiger charge is -2.26. The summed E-state index contributed by atoms with van der Waals surface area (Å²) in [4.78, 5) is 0. The fourth-order valence-corrected chi connectivity index (χ4v) is 4.04. The van der Waals surface area contributed by atoms with Gasteiger partial charge in [-0.3, -0.25) is 4.68 Å². The van der Waals surface area contributed by atoms with E-state index in [4.69, 9.17) is 0 Å². The number of hydrogen-bond acceptors (Lipinski definition) is 2. The zero-order chi connectivity index (χ0) is 14.4. The van der Waals surface area contributed by atoms with Gasteiger partial charge in [-0.2, -0.15) is 5.10 Å². The van der Waals surface area contributed by atoms with Gasteiger partial charge in [-0.25, -0.2) is 0 Å². The van der Waals surface area contributed by atoms with Crippen molar-refractivity contribution in [3.63, 3.8) is 0 Å². The van der Waals surface area contributed by atoms with Crippen LogP contribution >= 0.6 is 15.9 Å². The topological polar surface area (TPSA) is 29.9 Å². The fourth-order valence-electron chi connectivity index (χ4n) is 3.45. The Morgan fingerprint density at radius 2 is 2.10 bits per heavy atom. The SMILES string of the molecule is CCCNCC1CCCCCC1c1c(Br)cnn1CC. The average Bonchev–Trinajstić information content (AvgIpc) is 2.68. The summed E-state index contributed by atoms with van der Waals surface area (Å²) in [5.41, 5.74) is 1.43. The summed E-state index contributed by atoms with van der Waals surface area (Å²) in [6.07, 6.45) is 9.97.